The van der Waals surface area contributed by atoms with Crippen LogP contribution in [-0.4, -0.2) is 20.1 Å². The molecule has 3 aromatic rings. The van der Waals surface area contributed by atoms with Gasteiger partial charge >= 0.3 is 0 Å². The molecule has 1 aliphatic rings. The van der Waals surface area contributed by atoms with Gasteiger partial charge in [0.05, 0.1) is 0 Å². The van der Waals surface area contributed by atoms with Gasteiger partial charge in [0.1, 0.15) is 0 Å². The van der Waals surface area contributed by atoms with E-state index in [4.69, 9.17) is 0 Å². The molecule has 0 N–H and O–H groups in total. The fourth-order valence-electron chi connectivity index (χ4n) is 4.26. The van der Waals surface area contributed by atoms with Crippen LogP contribution in [-0.2, 0) is 0 Å². The van der Waals surface area contributed by atoms with Gasteiger partial charge in [0.15, 0.2) is 0 Å². The Hall–Kier alpha value is -3.26. The van der Waals surface area contributed by atoms with Gasteiger partial charge in [0.25, 0.3) is 0 Å². The quantitative estimate of drug-likeness (QED) is 0.393. The van der Waals surface area contributed by atoms with Crippen LogP contribution in [0.25, 0.3) is 5.57 Å². The van der Waals surface area contributed by atoms with Gasteiger partial charge in [0, 0.05) is 37.2 Å². The number of aryl methyl sites for hydroxylation is 1. The van der Waals surface area contributed by atoms with E-state index < -0.39 is 0 Å². The maximum absolute atomic E-state index is 3.94. The molecular formula is C29H32N2. The first kappa shape index (κ1) is 21.0. The lowest BCUT2D eigenvalue weighted by molar-refractivity contribution is 0.578. The molecule has 0 spiro atoms. The third-order valence-corrected chi connectivity index (χ3v) is 6.17. The van der Waals surface area contributed by atoms with Gasteiger partial charge in [0.2, 0.25) is 0 Å². The van der Waals surface area contributed by atoms with Crippen molar-refractivity contribution in [2.75, 3.05) is 29.9 Å². The zero-order valence-corrected chi connectivity index (χ0v) is 18.7. The predicted molar refractivity (Wildman–Crippen MR) is 135 cm³/mol. The molecule has 4 rings (SSSR count). The molecule has 158 valence electrons. The van der Waals surface area contributed by atoms with Crippen LogP contribution >= 0.6 is 0 Å². The molecule has 1 fully saturated rings. The van der Waals surface area contributed by atoms with Gasteiger partial charge in [-0.25, -0.2) is 0 Å². The molecule has 0 atom stereocenters. The van der Waals surface area contributed by atoms with Crippen LogP contribution in [0, 0.1) is 6.92 Å². The third-order valence-electron chi connectivity index (χ3n) is 6.17. The molecule has 3 aromatic carbocycles. The van der Waals surface area contributed by atoms with Gasteiger partial charge in [-0.05, 0) is 79.3 Å². The lowest BCUT2D eigenvalue weighted by Gasteiger charge is -2.29. The summed E-state index contributed by atoms with van der Waals surface area (Å²) in [5.74, 6) is 0. The lowest BCUT2D eigenvalue weighted by atomic mass is 9.96. The van der Waals surface area contributed by atoms with Gasteiger partial charge < -0.3 is 9.80 Å². The second-order valence-corrected chi connectivity index (χ2v) is 8.35. The third kappa shape index (κ3) is 4.91. The molecule has 2 heteroatoms. The van der Waals surface area contributed by atoms with E-state index in [-0.39, 0.29) is 0 Å². The molecule has 0 unspecified atom stereocenters. The number of nitrogens with zero attached hydrogens (tertiary/aromatic N) is 2. The van der Waals surface area contributed by atoms with Crippen molar-refractivity contribution in [2.45, 2.75) is 26.2 Å². The summed E-state index contributed by atoms with van der Waals surface area (Å²) < 4.78 is 0. The van der Waals surface area contributed by atoms with Crippen molar-refractivity contribution in [3.63, 3.8) is 0 Å². The van der Waals surface area contributed by atoms with E-state index in [0.717, 1.165) is 0 Å². The Kier molecular flexibility index (Phi) is 6.57. The van der Waals surface area contributed by atoms with Crippen molar-refractivity contribution in [1.82, 2.24) is 0 Å². The smallest absolute Gasteiger partial charge is 0.0408 e. The highest BCUT2D eigenvalue weighted by Crippen LogP contribution is 2.30. The summed E-state index contributed by atoms with van der Waals surface area (Å²) in [6.45, 7) is 8.40. The summed E-state index contributed by atoms with van der Waals surface area (Å²) in [5.41, 5.74) is 8.59. The molecule has 1 saturated heterocycles. The number of allylic oxidation sites excluding steroid dienone is 2. The number of hydrogen-bond donors (Lipinski definition) is 0. The highest BCUT2D eigenvalue weighted by molar-refractivity contribution is 5.82. The second-order valence-electron chi connectivity index (χ2n) is 8.35. The lowest BCUT2D eigenvalue weighted by Crippen LogP contribution is -2.29. The summed E-state index contributed by atoms with van der Waals surface area (Å²) in [4.78, 5) is 4.72. The van der Waals surface area contributed by atoms with Crippen LogP contribution in [0.4, 0.5) is 17.1 Å². The average Bonchev–Trinajstić information content (AvgIpc) is 2.83. The molecule has 0 bridgehead atoms. The van der Waals surface area contributed by atoms with Gasteiger partial charge in [-0.2, -0.15) is 0 Å². The molecule has 1 heterocycles. The van der Waals surface area contributed by atoms with Gasteiger partial charge in [-0.15, -0.1) is 0 Å². The Labute approximate surface area is 187 Å². The predicted octanol–water partition coefficient (Wildman–Crippen LogP) is 7.37. The Morgan fingerprint density at radius 2 is 1.29 bits per heavy atom. The van der Waals surface area contributed by atoms with E-state index in [1.807, 2.05) is 6.08 Å². The maximum Gasteiger partial charge on any atom is 0.0408 e. The summed E-state index contributed by atoms with van der Waals surface area (Å²) in [6, 6.07) is 26.4. The first-order valence-corrected chi connectivity index (χ1v) is 11.2. The largest absolute Gasteiger partial charge is 0.372 e. The first-order valence-electron chi connectivity index (χ1n) is 11.2. The Morgan fingerprint density at radius 1 is 0.774 bits per heavy atom. The standard InChI is InChI=1S/C29H32N2/c1-4-8-29(25-13-19-28(20-14-25)31-21-6-5-7-22-31)24-11-17-27(18-12-24)30(3)26-15-9-23(2)10-16-26/h4,8-20H,1,5-7,21-22H2,2-3H3. The minimum atomic E-state index is 1.17. The fraction of sp³-hybridized carbons (Fsp3) is 0.241. The monoisotopic (exact) mass is 408 g/mol. The summed E-state index contributed by atoms with van der Waals surface area (Å²) in [6.07, 6.45) is 7.93. The average molecular weight is 409 g/mol. The number of hydrogen-bond acceptors (Lipinski definition) is 2. The number of benzene rings is 3. The van der Waals surface area contributed by atoms with Crippen molar-refractivity contribution in [1.29, 1.82) is 0 Å². The summed E-state index contributed by atoms with van der Waals surface area (Å²) >= 11 is 0. The highest BCUT2D eigenvalue weighted by Gasteiger charge is 2.12. The van der Waals surface area contributed by atoms with Crippen LogP contribution < -0.4 is 9.80 Å². The normalized spacial score (nSPS) is 14.4. The summed E-state index contributed by atoms with van der Waals surface area (Å²) in [7, 11) is 2.11. The van der Waals surface area contributed by atoms with E-state index in [0.29, 0.717) is 0 Å². The maximum atomic E-state index is 3.94. The van der Waals surface area contributed by atoms with Gasteiger partial charge in [-0.1, -0.05) is 60.7 Å². The van der Waals surface area contributed by atoms with Crippen LogP contribution in [0.1, 0.15) is 36.0 Å². The molecule has 2 nitrogen and oxygen atoms in total. The van der Waals surface area contributed by atoms with E-state index in [2.05, 4.69) is 109 Å². The minimum Gasteiger partial charge on any atom is -0.372 e. The molecule has 0 radical (unpaired) electrons. The Bertz CT molecular complexity index is 1020. The van der Waals surface area contributed by atoms with E-state index in [9.17, 15) is 0 Å². The van der Waals surface area contributed by atoms with Crippen molar-refractivity contribution < 1.29 is 0 Å². The molecule has 0 aliphatic carbocycles. The van der Waals surface area contributed by atoms with Crippen molar-refractivity contribution in [3.8, 4) is 0 Å². The number of rotatable bonds is 6. The topological polar surface area (TPSA) is 6.48 Å². The van der Waals surface area contributed by atoms with Crippen LogP contribution in [0.2, 0.25) is 0 Å². The Balaban J connectivity index is 1.55. The van der Waals surface area contributed by atoms with Crippen LogP contribution in [0.5, 0.6) is 0 Å². The number of piperidine rings is 1. The zero-order chi connectivity index (χ0) is 21.6. The molecule has 0 amide bonds. The zero-order valence-electron chi connectivity index (χ0n) is 18.7. The summed E-state index contributed by atoms with van der Waals surface area (Å²) in [5, 5.41) is 0. The van der Waals surface area contributed by atoms with E-state index in [1.165, 1.54) is 71.7 Å². The second kappa shape index (κ2) is 9.70. The van der Waals surface area contributed by atoms with Gasteiger partial charge in [-0.3, -0.25) is 0 Å². The SMILES string of the molecule is C=CC=C(c1ccc(N2CCCCC2)cc1)c1ccc(N(C)c2ccc(C)cc2)cc1. The van der Waals surface area contributed by atoms with E-state index >= 15 is 0 Å². The first-order chi connectivity index (χ1) is 15.2. The van der Waals surface area contributed by atoms with Crippen LogP contribution in [0.15, 0.2) is 91.5 Å². The van der Waals surface area contributed by atoms with Crippen LogP contribution in [0.3, 0.4) is 0 Å². The molecule has 31 heavy (non-hydrogen) atoms. The Morgan fingerprint density at radius 3 is 1.84 bits per heavy atom. The highest BCUT2D eigenvalue weighted by atomic mass is 15.1. The molecule has 0 saturated carbocycles. The van der Waals surface area contributed by atoms with Crippen molar-refractivity contribution in [2.24, 2.45) is 0 Å². The van der Waals surface area contributed by atoms with E-state index in [1.54, 1.807) is 0 Å². The number of anilines is 3. The molecular weight excluding hydrogens is 376 g/mol. The minimum absolute atomic E-state index is 1.17. The molecule has 1 aliphatic heterocycles. The van der Waals surface area contributed by atoms with Crippen molar-refractivity contribution >= 4 is 22.6 Å². The van der Waals surface area contributed by atoms with Crippen molar-refractivity contribution in [3.05, 3.63) is 108 Å². The molecule has 0 aromatic heterocycles. The fourth-order valence-corrected chi connectivity index (χ4v) is 4.26.